The zero-order valence-corrected chi connectivity index (χ0v) is 23.5. The van der Waals surface area contributed by atoms with E-state index in [1.807, 2.05) is 0 Å². The summed E-state index contributed by atoms with van der Waals surface area (Å²) >= 11 is 1.41. The molecule has 0 aromatic rings. The van der Waals surface area contributed by atoms with Crippen LogP contribution in [0.15, 0.2) is 9.98 Å². The minimum atomic E-state index is -1.39. The van der Waals surface area contributed by atoms with Crippen LogP contribution in [-0.2, 0) is 24.0 Å². The highest BCUT2D eigenvalue weighted by molar-refractivity contribution is 7.98. The molecule has 228 valence electrons. The molecule has 0 aromatic carbocycles. The number of hydrogen-bond donors (Lipinski definition) is 10. The number of guanidine groups is 2. The molecule has 0 fully saturated rings. The number of aliphatic imine (C=N–C) groups is 2. The Balaban J connectivity index is 5.56. The predicted molar refractivity (Wildman–Crippen MR) is 153 cm³/mol. The number of hydrogen-bond acceptors (Lipinski definition) is 9. The number of thioether (sulfide) groups is 1. The van der Waals surface area contributed by atoms with E-state index in [4.69, 9.17) is 34.4 Å². The average Bonchev–Trinajstić information content (AvgIpc) is 2.87. The molecule has 4 amide bonds. The third kappa shape index (κ3) is 16.9. The first kappa shape index (κ1) is 36.2. The molecule has 0 spiro atoms. The van der Waals surface area contributed by atoms with Crippen LogP contribution >= 0.6 is 11.8 Å². The Bertz CT molecular complexity index is 910. The molecule has 0 saturated heterocycles. The number of rotatable bonds is 21. The smallest absolute Gasteiger partial charge is 0.326 e. The van der Waals surface area contributed by atoms with E-state index in [-0.39, 0.29) is 57.1 Å². The van der Waals surface area contributed by atoms with E-state index in [1.165, 1.54) is 11.8 Å². The normalized spacial score (nSPS) is 13.6. The minimum absolute atomic E-state index is 0.0851. The molecule has 0 heterocycles. The van der Waals surface area contributed by atoms with Gasteiger partial charge in [-0.2, -0.15) is 11.8 Å². The SMILES string of the molecule is CSCCC(NC(=O)C(CCCN=C(N)N)NC(=O)C(N)CCCN=C(N)N)C(=O)NC(CCC(N)=O)C(=O)O. The quantitative estimate of drug-likeness (QED) is 0.0347. The Morgan fingerprint density at radius 3 is 1.68 bits per heavy atom. The molecule has 17 nitrogen and oxygen atoms in total. The second-order valence-corrected chi connectivity index (χ2v) is 9.80. The summed E-state index contributed by atoms with van der Waals surface area (Å²) in [5.74, 6) is -3.89. The molecule has 0 bridgehead atoms. The monoisotopic (exact) mass is 589 g/mol. The molecule has 0 aliphatic heterocycles. The Labute approximate surface area is 237 Å². The zero-order valence-electron chi connectivity index (χ0n) is 22.6. The van der Waals surface area contributed by atoms with Crippen LogP contribution in [0.2, 0.25) is 0 Å². The maximum Gasteiger partial charge on any atom is 0.326 e. The van der Waals surface area contributed by atoms with Gasteiger partial charge in [0.15, 0.2) is 11.9 Å². The lowest BCUT2D eigenvalue weighted by molar-refractivity contribution is -0.142. The number of carboxylic acid groups (broad SMARTS) is 1. The number of carbonyl (C=O) groups excluding carboxylic acids is 4. The first-order valence-electron chi connectivity index (χ1n) is 12.6. The van der Waals surface area contributed by atoms with Crippen LogP contribution in [0.25, 0.3) is 0 Å². The molecule has 40 heavy (non-hydrogen) atoms. The fourth-order valence-electron chi connectivity index (χ4n) is 3.29. The maximum atomic E-state index is 13.2. The van der Waals surface area contributed by atoms with E-state index < -0.39 is 53.8 Å². The van der Waals surface area contributed by atoms with Crippen LogP contribution in [0.3, 0.4) is 0 Å². The van der Waals surface area contributed by atoms with Crippen molar-refractivity contribution in [1.29, 1.82) is 0 Å². The van der Waals surface area contributed by atoms with E-state index in [9.17, 15) is 29.1 Å². The van der Waals surface area contributed by atoms with E-state index >= 15 is 0 Å². The van der Waals surface area contributed by atoms with Gasteiger partial charge in [0.05, 0.1) is 6.04 Å². The Morgan fingerprint density at radius 1 is 0.725 bits per heavy atom. The Hall–Kier alpha value is -3.80. The van der Waals surface area contributed by atoms with Gasteiger partial charge in [-0.25, -0.2) is 4.79 Å². The molecule has 16 N–H and O–H groups in total. The highest BCUT2D eigenvalue weighted by Crippen LogP contribution is 2.07. The highest BCUT2D eigenvalue weighted by Gasteiger charge is 2.30. The first-order chi connectivity index (χ1) is 18.8. The van der Waals surface area contributed by atoms with Crippen molar-refractivity contribution in [3.63, 3.8) is 0 Å². The largest absolute Gasteiger partial charge is 0.480 e. The summed E-state index contributed by atoms with van der Waals surface area (Å²) in [7, 11) is 0. The number of aliphatic carboxylic acids is 1. The van der Waals surface area contributed by atoms with Crippen molar-refractivity contribution in [1.82, 2.24) is 16.0 Å². The fourth-order valence-corrected chi connectivity index (χ4v) is 3.77. The van der Waals surface area contributed by atoms with E-state index in [0.29, 0.717) is 18.6 Å². The van der Waals surface area contributed by atoms with Crippen molar-refractivity contribution in [2.24, 2.45) is 44.4 Å². The molecule has 18 heteroatoms. The van der Waals surface area contributed by atoms with Crippen molar-refractivity contribution in [3.8, 4) is 0 Å². The number of nitrogens with zero attached hydrogens (tertiary/aromatic N) is 2. The second kappa shape index (κ2) is 20.2. The molecule has 4 atom stereocenters. The molecular weight excluding hydrogens is 546 g/mol. The van der Waals surface area contributed by atoms with Gasteiger partial charge in [0.25, 0.3) is 0 Å². The topological polar surface area (TPSA) is 323 Å². The summed E-state index contributed by atoms with van der Waals surface area (Å²) in [6, 6.07) is -4.57. The number of primary amides is 1. The lowest BCUT2D eigenvalue weighted by Crippen LogP contribution is -2.57. The van der Waals surface area contributed by atoms with Crippen molar-refractivity contribution in [2.75, 3.05) is 25.1 Å². The van der Waals surface area contributed by atoms with E-state index in [1.54, 1.807) is 6.26 Å². The van der Waals surface area contributed by atoms with Gasteiger partial charge in [-0.3, -0.25) is 29.2 Å². The standard InChI is InChI=1S/C22H43N11O6S/c1-40-11-8-14(19(37)33-15(20(38)39)6-7-16(24)34)32-18(36)13(5-3-10-30-22(27)28)31-17(35)12(23)4-2-9-29-21(25)26/h12-15H,2-11,23H2,1H3,(H2,24,34)(H,31,35)(H,32,36)(H,33,37)(H,38,39)(H4,25,26,29)(H4,27,28,30). The summed E-state index contributed by atoms with van der Waals surface area (Å²) in [4.78, 5) is 69.2. The van der Waals surface area contributed by atoms with Crippen LogP contribution in [-0.4, -0.2) is 95.9 Å². The van der Waals surface area contributed by atoms with Crippen molar-refractivity contribution >= 4 is 53.3 Å². The van der Waals surface area contributed by atoms with Gasteiger partial charge in [-0.15, -0.1) is 0 Å². The summed E-state index contributed by atoms with van der Waals surface area (Å²) in [5.41, 5.74) is 32.3. The van der Waals surface area contributed by atoms with Gasteiger partial charge in [0.2, 0.25) is 23.6 Å². The number of nitrogens with one attached hydrogen (secondary N) is 3. The second-order valence-electron chi connectivity index (χ2n) is 8.81. The van der Waals surface area contributed by atoms with Gasteiger partial charge in [0, 0.05) is 19.5 Å². The van der Waals surface area contributed by atoms with Crippen LogP contribution in [0.1, 0.15) is 44.9 Å². The van der Waals surface area contributed by atoms with Gasteiger partial charge in [-0.1, -0.05) is 0 Å². The fraction of sp³-hybridized carbons (Fsp3) is 0.682. The number of carboxylic acids is 1. The first-order valence-corrected chi connectivity index (χ1v) is 13.9. The summed E-state index contributed by atoms with van der Waals surface area (Å²) in [6.45, 7) is 0.456. The van der Waals surface area contributed by atoms with Crippen LogP contribution in [0.4, 0.5) is 0 Å². The molecule has 0 saturated carbocycles. The van der Waals surface area contributed by atoms with Gasteiger partial charge in [0.1, 0.15) is 18.1 Å². The van der Waals surface area contributed by atoms with Crippen molar-refractivity contribution in [3.05, 3.63) is 0 Å². The zero-order chi connectivity index (χ0) is 30.7. The summed E-state index contributed by atoms with van der Waals surface area (Å²) in [6.07, 6.45) is 2.58. The molecule has 0 rings (SSSR count). The van der Waals surface area contributed by atoms with Crippen molar-refractivity contribution in [2.45, 2.75) is 69.1 Å². The third-order valence-electron chi connectivity index (χ3n) is 5.42. The van der Waals surface area contributed by atoms with E-state index in [2.05, 4.69) is 25.9 Å². The molecule has 0 aromatic heterocycles. The third-order valence-corrected chi connectivity index (χ3v) is 6.06. The Morgan fingerprint density at radius 2 is 1.20 bits per heavy atom. The molecule has 4 unspecified atom stereocenters. The summed E-state index contributed by atoms with van der Waals surface area (Å²) < 4.78 is 0. The van der Waals surface area contributed by atoms with Gasteiger partial charge < -0.3 is 55.5 Å². The van der Waals surface area contributed by atoms with Crippen molar-refractivity contribution < 1.29 is 29.1 Å². The molecule has 0 aliphatic carbocycles. The maximum absolute atomic E-state index is 13.2. The van der Waals surface area contributed by atoms with E-state index in [0.717, 1.165) is 0 Å². The highest BCUT2D eigenvalue weighted by atomic mass is 32.2. The lowest BCUT2D eigenvalue weighted by atomic mass is 10.1. The molecule has 0 aliphatic rings. The number of carbonyl (C=O) groups is 5. The van der Waals surface area contributed by atoms with Crippen LogP contribution in [0.5, 0.6) is 0 Å². The minimum Gasteiger partial charge on any atom is -0.480 e. The number of amides is 4. The average molecular weight is 590 g/mol. The van der Waals surface area contributed by atoms with Crippen LogP contribution in [0, 0.1) is 0 Å². The Kier molecular flexibility index (Phi) is 18.2. The van der Waals surface area contributed by atoms with Crippen LogP contribution < -0.4 is 50.4 Å². The predicted octanol–water partition coefficient (Wildman–Crippen LogP) is -4.02. The van der Waals surface area contributed by atoms with Gasteiger partial charge in [-0.05, 0) is 50.5 Å². The molecular formula is C22H43N11O6S. The lowest BCUT2D eigenvalue weighted by Gasteiger charge is -2.25. The van der Waals surface area contributed by atoms with Gasteiger partial charge >= 0.3 is 5.97 Å². The number of nitrogens with two attached hydrogens (primary N) is 6. The summed E-state index contributed by atoms with van der Waals surface area (Å²) in [5, 5.41) is 16.9. The molecule has 0 radical (unpaired) electrons.